The average molecular weight is 521 g/mol. The van der Waals surface area contributed by atoms with Gasteiger partial charge in [0.15, 0.2) is 6.23 Å². The van der Waals surface area contributed by atoms with Crippen LogP contribution in [-0.4, -0.2) is 61.3 Å². The normalized spacial score (nSPS) is 20.4. The highest BCUT2D eigenvalue weighted by Gasteiger charge is 2.65. The Labute approximate surface area is 201 Å². The number of methoxy groups -OCH3 is 1. The summed E-state index contributed by atoms with van der Waals surface area (Å²) in [5.74, 6) is -2.57. The second-order valence-corrected chi connectivity index (χ2v) is 7.55. The molecule has 0 saturated carbocycles. The first-order chi connectivity index (χ1) is 16.8. The predicted octanol–water partition coefficient (Wildman–Crippen LogP) is 4.31. The summed E-state index contributed by atoms with van der Waals surface area (Å²) in [6, 6.07) is 6.03. The SMILES string of the molecule is CCO[C@H]1[C@H](OC(=O)C(OC)(c2ccccc2)C(F)(F)F)N(c2cc(C(F)(F)F)ccn2)C(=O)N1C. The minimum atomic E-state index is -5.32. The number of benzene rings is 1. The first kappa shape index (κ1) is 27.2. The Bertz CT molecular complexity index is 1100. The highest BCUT2D eigenvalue weighted by molar-refractivity contribution is 5.95. The zero-order valence-electron chi connectivity index (χ0n) is 19.1. The second-order valence-electron chi connectivity index (χ2n) is 7.55. The molecule has 3 atom stereocenters. The van der Waals surface area contributed by atoms with Crippen molar-refractivity contribution in [1.29, 1.82) is 0 Å². The number of alkyl halides is 6. The smallest absolute Gasteiger partial charge is 0.432 e. The van der Waals surface area contributed by atoms with Gasteiger partial charge in [0.05, 0.1) is 5.56 Å². The summed E-state index contributed by atoms with van der Waals surface area (Å²) in [4.78, 5) is 31.3. The van der Waals surface area contributed by atoms with Crippen molar-refractivity contribution >= 4 is 17.8 Å². The molecule has 14 heteroatoms. The van der Waals surface area contributed by atoms with Gasteiger partial charge in [0.1, 0.15) is 5.82 Å². The summed E-state index contributed by atoms with van der Waals surface area (Å²) in [5, 5.41) is 0. The minimum absolute atomic E-state index is 0.0758. The van der Waals surface area contributed by atoms with E-state index >= 15 is 0 Å². The van der Waals surface area contributed by atoms with Crippen LogP contribution in [0.25, 0.3) is 0 Å². The second kappa shape index (κ2) is 9.93. The topological polar surface area (TPSA) is 81.2 Å². The third-order valence-corrected chi connectivity index (χ3v) is 5.45. The zero-order valence-corrected chi connectivity index (χ0v) is 19.1. The maximum absolute atomic E-state index is 14.3. The molecule has 2 heterocycles. The summed E-state index contributed by atoms with van der Waals surface area (Å²) in [7, 11) is 1.83. The molecule has 1 aromatic carbocycles. The van der Waals surface area contributed by atoms with Gasteiger partial charge in [-0.3, -0.25) is 4.90 Å². The number of ether oxygens (including phenoxy) is 3. The van der Waals surface area contributed by atoms with E-state index in [1.54, 1.807) is 0 Å². The van der Waals surface area contributed by atoms with Crippen molar-refractivity contribution in [2.24, 2.45) is 0 Å². The molecule has 8 nitrogen and oxygen atoms in total. The number of esters is 1. The molecule has 0 radical (unpaired) electrons. The number of carbonyl (C=O) groups is 2. The lowest BCUT2D eigenvalue weighted by Crippen LogP contribution is -2.55. The van der Waals surface area contributed by atoms with Gasteiger partial charge in [-0.2, -0.15) is 26.3 Å². The van der Waals surface area contributed by atoms with Gasteiger partial charge in [-0.1, -0.05) is 30.3 Å². The van der Waals surface area contributed by atoms with Crippen molar-refractivity contribution in [3.8, 4) is 0 Å². The van der Waals surface area contributed by atoms with E-state index in [-0.39, 0.29) is 6.61 Å². The van der Waals surface area contributed by atoms with Gasteiger partial charge in [-0.15, -0.1) is 0 Å². The van der Waals surface area contributed by atoms with Crippen molar-refractivity contribution in [1.82, 2.24) is 9.88 Å². The molecule has 1 unspecified atom stereocenters. The molecule has 0 N–H and O–H groups in total. The maximum Gasteiger partial charge on any atom is 0.432 e. The van der Waals surface area contributed by atoms with Crippen LogP contribution in [0.5, 0.6) is 0 Å². The quantitative estimate of drug-likeness (QED) is 0.399. The summed E-state index contributed by atoms with van der Waals surface area (Å²) in [5.41, 5.74) is -5.40. The van der Waals surface area contributed by atoms with Crippen LogP contribution in [0.4, 0.5) is 37.0 Å². The molecule has 2 aromatic rings. The Hall–Kier alpha value is -3.39. The standard InChI is InChI=1S/C22H21F6N3O5/c1-4-35-16-17(31(19(33)30(16)2)15-12-14(10-11-29-15)21(23,24)25)36-18(32)20(34-3,22(26,27)28)13-8-6-5-7-9-13/h5-12,16-17H,4H2,1-3H3/t16-,17-,20?/m0/s1. The van der Waals surface area contributed by atoms with Gasteiger partial charge in [0.25, 0.3) is 5.60 Å². The molecule has 2 amide bonds. The van der Waals surface area contributed by atoms with Crippen LogP contribution >= 0.6 is 0 Å². The average Bonchev–Trinajstić information content (AvgIpc) is 3.04. The number of amides is 2. The van der Waals surface area contributed by atoms with Crippen LogP contribution in [-0.2, 0) is 30.8 Å². The number of hydrogen-bond donors (Lipinski definition) is 0. The Morgan fingerprint density at radius 2 is 1.67 bits per heavy atom. The summed E-state index contributed by atoms with van der Waals surface area (Å²) in [6.07, 6.45) is -12.8. The number of hydrogen-bond acceptors (Lipinski definition) is 6. The number of nitrogens with zero attached hydrogens (tertiary/aromatic N) is 3. The molecule has 1 aliphatic heterocycles. The first-order valence-electron chi connectivity index (χ1n) is 10.4. The van der Waals surface area contributed by atoms with E-state index in [1.165, 1.54) is 32.2 Å². The molecule has 0 aliphatic carbocycles. The highest BCUT2D eigenvalue weighted by Crippen LogP contribution is 2.44. The first-order valence-corrected chi connectivity index (χ1v) is 10.4. The van der Waals surface area contributed by atoms with Crippen molar-refractivity contribution in [3.63, 3.8) is 0 Å². The van der Waals surface area contributed by atoms with E-state index in [0.29, 0.717) is 24.1 Å². The molecule has 1 aromatic heterocycles. The van der Waals surface area contributed by atoms with Gasteiger partial charge in [-0.25, -0.2) is 19.5 Å². The van der Waals surface area contributed by atoms with Gasteiger partial charge < -0.3 is 14.2 Å². The summed E-state index contributed by atoms with van der Waals surface area (Å²) in [6.45, 7) is 1.43. The maximum atomic E-state index is 14.3. The van der Waals surface area contributed by atoms with Crippen molar-refractivity contribution < 1.29 is 50.1 Å². The molecule has 0 spiro atoms. The van der Waals surface area contributed by atoms with Gasteiger partial charge in [0.2, 0.25) is 6.23 Å². The number of pyridine rings is 1. The zero-order chi connectivity index (χ0) is 26.9. The van der Waals surface area contributed by atoms with Crippen LogP contribution in [0.2, 0.25) is 0 Å². The Morgan fingerprint density at radius 1 is 1.03 bits per heavy atom. The fraction of sp³-hybridized carbons (Fsp3) is 0.409. The molecule has 1 aliphatic rings. The number of likely N-dealkylation sites (N-methyl/N-ethyl adjacent to an activating group) is 1. The number of halogens is 6. The van der Waals surface area contributed by atoms with Crippen molar-refractivity contribution in [2.45, 2.75) is 37.3 Å². The van der Waals surface area contributed by atoms with E-state index in [9.17, 15) is 35.9 Å². The molecule has 36 heavy (non-hydrogen) atoms. The number of anilines is 1. The Balaban J connectivity index is 2.11. The van der Waals surface area contributed by atoms with E-state index < -0.39 is 59.4 Å². The van der Waals surface area contributed by atoms with Gasteiger partial charge in [-0.05, 0) is 19.1 Å². The van der Waals surface area contributed by atoms with E-state index in [0.717, 1.165) is 23.2 Å². The number of urea groups is 1. The lowest BCUT2D eigenvalue weighted by atomic mass is 9.92. The lowest BCUT2D eigenvalue weighted by molar-refractivity contribution is -0.280. The minimum Gasteiger partial charge on any atom is -0.433 e. The third kappa shape index (κ3) is 4.69. The third-order valence-electron chi connectivity index (χ3n) is 5.45. The molecular weight excluding hydrogens is 500 g/mol. The van der Waals surface area contributed by atoms with Crippen LogP contribution < -0.4 is 4.90 Å². The lowest BCUT2D eigenvalue weighted by Gasteiger charge is -2.35. The number of rotatable bonds is 7. The predicted molar refractivity (Wildman–Crippen MR) is 111 cm³/mol. The van der Waals surface area contributed by atoms with Crippen molar-refractivity contribution in [3.05, 3.63) is 59.8 Å². The number of aromatic nitrogens is 1. The summed E-state index contributed by atoms with van der Waals surface area (Å²) < 4.78 is 98.0. The van der Waals surface area contributed by atoms with Crippen LogP contribution in [0, 0.1) is 0 Å². The molecule has 1 fully saturated rings. The van der Waals surface area contributed by atoms with Crippen LogP contribution in [0.1, 0.15) is 18.1 Å². The van der Waals surface area contributed by atoms with Crippen LogP contribution in [0.15, 0.2) is 48.7 Å². The molecule has 1 saturated heterocycles. The number of carbonyl (C=O) groups excluding carboxylic acids is 2. The molecular formula is C22H21F6N3O5. The monoisotopic (exact) mass is 521 g/mol. The van der Waals surface area contributed by atoms with Gasteiger partial charge in [0, 0.05) is 32.5 Å². The highest BCUT2D eigenvalue weighted by atomic mass is 19.4. The Kier molecular flexibility index (Phi) is 7.50. The van der Waals surface area contributed by atoms with Crippen molar-refractivity contribution in [2.75, 3.05) is 25.7 Å². The van der Waals surface area contributed by atoms with E-state index in [2.05, 4.69) is 4.98 Å². The molecule has 0 bridgehead atoms. The largest absolute Gasteiger partial charge is 0.433 e. The van der Waals surface area contributed by atoms with E-state index in [4.69, 9.17) is 14.2 Å². The van der Waals surface area contributed by atoms with Gasteiger partial charge >= 0.3 is 24.4 Å². The molecule has 196 valence electrons. The molecule has 3 rings (SSSR count). The fourth-order valence-corrected chi connectivity index (χ4v) is 3.72. The fourth-order valence-electron chi connectivity index (χ4n) is 3.72. The summed E-state index contributed by atoms with van der Waals surface area (Å²) >= 11 is 0. The Morgan fingerprint density at radius 3 is 2.19 bits per heavy atom. The van der Waals surface area contributed by atoms with Crippen LogP contribution in [0.3, 0.4) is 0 Å². The van der Waals surface area contributed by atoms with E-state index in [1.807, 2.05) is 0 Å².